The van der Waals surface area contributed by atoms with Crippen LogP contribution in [-0.2, 0) is 4.79 Å². The molecule has 0 aliphatic carbocycles. The van der Waals surface area contributed by atoms with Crippen molar-refractivity contribution >= 4 is 34.1 Å². The number of aromatic nitrogens is 4. The summed E-state index contributed by atoms with van der Waals surface area (Å²) in [6, 6.07) is 9.75. The second kappa shape index (κ2) is 7.58. The van der Waals surface area contributed by atoms with Crippen LogP contribution < -0.4 is 10.9 Å². The Kier molecular flexibility index (Phi) is 5.25. The molecule has 0 bridgehead atoms. The first-order chi connectivity index (χ1) is 12.0. The number of nitrogens with one attached hydrogen (secondary N) is 2. The maximum absolute atomic E-state index is 12.3. The Morgan fingerprint density at radius 1 is 1.28 bits per heavy atom. The lowest BCUT2D eigenvalue weighted by molar-refractivity contribution is -0.115. The van der Waals surface area contributed by atoms with Crippen molar-refractivity contribution in [3.05, 3.63) is 51.8 Å². The van der Waals surface area contributed by atoms with Gasteiger partial charge in [-0.3, -0.25) is 14.6 Å². The number of aromatic amines is 1. The summed E-state index contributed by atoms with van der Waals surface area (Å²) in [7, 11) is 0. The first kappa shape index (κ1) is 17.3. The molecule has 0 saturated carbocycles. The predicted octanol–water partition coefficient (Wildman–Crippen LogP) is 2.72. The van der Waals surface area contributed by atoms with Crippen molar-refractivity contribution in [2.24, 2.45) is 0 Å². The summed E-state index contributed by atoms with van der Waals surface area (Å²) in [6.45, 7) is 3.30. The maximum Gasteiger partial charge on any atom is 0.273 e. The van der Waals surface area contributed by atoms with Crippen molar-refractivity contribution in [3.63, 3.8) is 0 Å². The third kappa shape index (κ3) is 4.31. The first-order valence-electron chi connectivity index (χ1n) is 7.45. The molecule has 3 rings (SSSR count). The third-order valence-corrected chi connectivity index (χ3v) is 5.03. The number of thiazole rings is 1. The summed E-state index contributed by atoms with van der Waals surface area (Å²) < 4.78 is 0. The number of hydrogen-bond donors (Lipinski definition) is 2. The number of nitrogens with zero attached hydrogens (tertiary/aromatic N) is 3. The average molecular weight is 373 g/mol. The minimum atomic E-state index is -0.461. The van der Waals surface area contributed by atoms with Gasteiger partial charge < -0.3 is 5.32 Å². The Bertz CT molecular complexity index is 939. The Balaban J connectivity index is 1.64. The topological polar surface area (TPSA) is 101 Å². The SMILES string of the molecule is Cc1nnc(SC(C)C(=O)Nc2nc(-c3ccccc3)cs2)[nH]c1=O. The molecule has 1 aromatic carbocycles. The van der Waals surface area contributed by atoms with Crippen LogP contribution in [0.25, 0.3) is 11.3 Å². The molecule has 2 heterocycles. The molecular formula is C16H15N5O2S2. The van der Waals surface area contributed by atoms with Crippen LogP contribution in [0.1, 0.15) is 12.6 Å². The van der Waals surface area contributed by atoms with E-state index in [0.717, 1.165) is 23.0 Å². The van der Waals surface area contributed by atoms with Gasteiger partial charge >= 0.3 is 0 Å². The Morgan fingerprint density at radius 2 is 2.04 bits per heavy atom. The van der Waals surface area contributed by atoms with E-state index in [4.69, 9.17) is 0 Å². The van der Waals surface area contributed by atoms with Gasteiger partial charge in [0.05, 0.1) is 10.9 Å². The van der Waals surface area contributed by atoms with Crippen molar-refractivity contribution in [1.29, 1.82) is 0 Å². The maximum atomic E-state index is 12.3. The van der Waals surface area contributed by atoms with E-state index in [9.17, 15) is 9.59 Å². The molecule has 3 aromatic rings. The quantitative estimate of drug-likeness (QED) is 0.667. The van der Waals surface area contributed by atoms with E-state index in [1.807, 2.05) is 35.7 Å². The van der Waals surface area contributed by atoms with E-state index >= 15 is 0 Å². The second-order valence-corrected chi connectivity index (χ2v) is 7.39. The van der Waals surface area contributed by atoms with Gasteiger partial charge in [0.2, 0.25) is 5.91 Å². The fourth-order valence-corrected chi connectivity index (χ4v) is 3.40. The lowest BCUT2D eigenvalue weighted by Gasteiger charge is -2.09. The summed E-state index contributed by atoms with van der Waals surface area (Å²) in [5, 5.41) is 12.7. The van der Waals surface area contributed by atoms with Crippen molar-refractivity contribution in [3.8, 4) is 11.3 Å². The van der Waals surface area contributed by atoms with Crippen molar-refractivity contribution in [1.82, 2.24) is 20.2 Å². The van der Waals surface area contributed by atoms with E-state index in [-0.39, 0.29) is 17.2 Å². The molecule has 1 unspecified atom stereocenters. The van der Waals surface area contributed by atoms with Crippen LogP contribution in [0.15, 0.2) is 45.7 Å². The number of H-pyrrole nitrogens is 1. The summed E-state index contributed by atoms with van der Waals surface area (Å²) in [4.78, 5) is 30.9. The lowest BCUT2D eigenvalue weighted by atomic mass is 10.2. The average Bonchev–Trinajstić information content (AvgIpc) is 3.07. The first-order valence-corrected chi connectivity index (χ1v) is 9.21. The molecule has 0 radical (unpaired) electrons. The van der Waals surface area contributed by atoms with Gasteiger partial charge in [-0.25, -0.2) is 4.98 Å². The van der Waals surface area contributed by atoms with E-state index in [2.05, 4.69) is 25.5 Å². The molecule has 0 spiro atoms. The molecule has 1 amide bonds. The third-order valence-electron chi connectivity index (χ3n) is 3.30. The number of anilines is 1. The summed E-state index contributed by atoms with van der Waals surface area (Å²) in [5.41, 5.74) is 1.79. The van der Waals surface area contributed by atoms with Crippen molar-refractivity contribution < 1.29 is 4.79 Å². The van der Waals surface area contributed by atoms with Crippen LogP contribution in [0.5, 0.6) is 0 Å². The fraction of sp³-hybridized carbons (Fsp3) is 0.188. The standard InChI is InChI=1S/C16H15N5O2S2/c1-9-13(22)18-16(21-20-9)25-10(2)14(23)19-15-17-12(8-24-15)11-6-4-3-5-7-11/h3-8,10H,1-2H3,(H,17,19,23)(H,18,21,22). The highest BCUT2D eigenvalue weighted by Crippen LogP contribution is 2.26. The van der Waals surface area contributed by atoms with E-state index < -0.39 is 5.25 Å². The summed E-state index contributed by atoms with van der Waals surface area (Å²) >= 11 is 2.50. The molecule has 0 aliphatic rings. The highest BCUT2D eigenvalue weighted by Gasteiger charge is 2.18. The van der Waals surface area contributed by atoms with Gasteiger partial charge in [0, 0.05) is 10.9 Å². The second-order valence-electron chi connectivity index (χ2n) is 5.20. The molecule has 25 heavy (non-hydrogen) atoms. The van der Waals surface area contributed by atoms with Gasteiger partial charge in [0.1, 0.15) is 5.69 Å². The predicted molar refractivity (Wildman–Crippen MR) is 98.9 cm³/mol. The molecule has 1 atom stereocenters. The van der Waals surface area contributed by atoms with Crippen LogP contribution >= 0.6 is 23.1 Å². The van der Waals surface area contributed by atoms with Crippen LogP contribution in [0.3, 0.4) is 0 Å². The van der Waals surface area contributed by atoms with Crippen LogP contribution in [0.4, 0.5) is 5.13 Å². The van der Waals surface area contributed by atoms with E-state index in [1.54, 1.807) is 13.8 Å². The summed E-state index contributed by atoms with van der Waals surface area (Å²) in [6.07, 6.45) is 0. The number of rotatable bonds is 5. The number of hydrogen-bond acceptors (Lipinski definition) is 7. The monoisotopic (exact) mass is 373 g/mol. The Morgan fingerprint density at radius 3 is 2.76 bits per heavy atom. The van der Waals surface area contributed by atoms with Gasteiger partial charge in [0.25, 0.3) is 5.56 Å². The van der Waals surface area contributed by atoms with Crippen LogP contribution in [0.2, 0.25) is 0 Å². The zero-order valence-electron chi connectivity index (χ0n) is 13.5. The number of carbonyl (C=O) groups excluding carboxylic acids is 1. The number of amides is 1. The van der Waals surface area contributed by atoms with Gasteiger partial charge in [-0.2, -0.15) is 0 Å². The molecule has 2 N–H and O–H groups in total. The zero-order chi connectivity index (χ0) is 17.8. The van der Waals surface area contributed by atoms with Gasteiger partial charge in [-0.1, -0.05) is 42.1 Å². The van der Waals surface area contributed by atoms with Crippen LogP contribution in [0, 0.1) is 6.92 Å². The highest BCUT2D eigenvalue weighted by atomic mass is 32.2. The Hall–Kier alpha value is -2.52. The number of benzene rings is 1. The van der Waals surface area contributed by atoms with E-state index in [1.165, 1.54) is 11.3 Å². The number of aryl methyl sites for hydroxylation is 1. The highest BCUT2D eigenvalue weighted by molar-refractivity contribution is 8.00. The minimum absolute atomic E-state index is 0.220. The van der Waals surface area contributed by atoms with Gasteiger partial charge in [-0.05, 0) is 13.8 Å². The molecular weight excluding hydrogens is 358 g/mol. The fourth-order valence-electron chi connectivity index (χ4n) is 1.93. The summed E-state index contributed by atoms with van der Waals surface area (Å²) in [5.74, 6) is -0.220. The molecule has 0 aliphatic heterocycles. The smallest absolute Gasteiger partial charge is 0.273 e. The van der Waals surface area contributed by atoms with Crippen molar-refractivity contribution in [2.45, 2.75) is 24.3 Å². The molecule has 7 nitrogen and oxygen atoms in total. The van der Waals surface area contributed by atoms with Crippen molar-refractivity contribution in [2.75, 3.05) is 5.32 Å². The Labute approximate surface area is 151 Å². The molecule has 9 heteroatoms. The normalized spacial score (nSPS) is 11.9. The number of carbonyl (C=O) groups is 1. The zero-order valence-corrected chi connectivity index (χ0v) is 15.1. The molecule has 2 aromatic heterocycles. The van der Waals surface area contributed by atoms with Gasteiger partial charge in [0.15, 0.2) is 10.3 Å². The largest absolute Gasteiger partial charge is 0.301 e. The van der Waals surface area contributed by atoms with E-state index in [0.29, 0.717) is 10.3 Å². The lowest BCUT2D eigenvalue weighted by Crippen LogP contribution is -2.23. The molecule has 0 fully saturated rings. The minimum Gasteiger partial charge on any atom is -0.301 e. The van der Waals surface area contributed by atoms with Gasteiger partial charge in [-0.15, -0.1) is 21.5 Å². The van der Waals surface area contributed by atoms with Crippen LogP contribution in [-0.4, -0.2) is 31.3 Å². The molecule has 0 saturated heterocycles. The molecule has 128 valence electrons. The number of thioether (sulfide) groups is 1.